The first-order chi connectivity index (χ1) is 13.3. The molecule has 8 heteroatoms. The standard InChI is InChI=1S/C20H32N4O3S/c1-13(2)9-16(21-18(26)14-10-15(25)11-14)19-22-17(12-28-19)20(27)24-6-4-5-23(3)7-8-24/h12-16,25H,4-11H2,1-3H3,(H,21,26)/t14?,15?,16-/m1/s1. The molecule has 3 rings (SSSR count). The highest BCUT2D eigenvalue weighted by Crippen LogP contribution is 2.30. The highest BCUT2D eigenvalue weighted by molar-refractivity contribution is 7.09. The molecule has 2 aliphatic rings. The van der Waals surface area contributed by atoms with Crippen molar-refractivity contribution in [3.63, 3.8) is 0 Å². The molecular formula is C20H32N4O3S. The number of nitrogens with zero attached hydrogens (tertiary/aromatic N) is 3. The van der Waals surface area contributed by atoms with Crippen molar-refractivity contribution in [3.8, 4) is 0 Å². The Morgan fingerprint density at radius 2 is 2.04 bits per heavy atom. The van der Waals surface area contributed by atoms with Crippen molar-refractivity contribution in [2.24, 2.45) is 11.8 Å². The van der Waals surface area contributed by atoms with Gasteiger partial charge in [0.2, 0.25) is 5.91 Å². The number of thiazole rings is 1. The second kappa shape index (κ2) is 9.33. The molecule has 0 bridgehead atoms. The molecule has 7 nitrogen and oxygen atoms in total. The molecule has 2 fully saturated rings. The van der Waals surface area contributed by atoms with Crippen molar-refractivity contribution in [2.75, 3.05) is 33.2 Å². The molecule has 2 amide bonds. The van der Waals surface area contributed by atoms with E-state index in [1.165, 1.54) is 11.3 Å². The third-order valence-corrected chi connectivity index (χ3v) is 6.51. The van der Waals surface area contributed by atoms with Crippen LogP contribution < -0.4 is 5.32 Å². The number of likely N-dealkylation sites (N-methyl/N-ethyl adjacent to an activating group) is 1. The van der Waals surface area contributed by atoms with Gasteiger partial charge in [0, 0.05) is 30.9 Å². The fourth-order valence-electron chi connectivity index (χ4n) is 3.74. The molecule has 0 aromatic carbocycles. The molecule has 1 aromatic heterocycles. The first kappa shape index (κ1) is 21.2. The minimum Gasteiger partial charge on any atom is -0.393 e. The Morgan fingerprint density at radius 3 is 2.71 bits per heavy atom. The van der Waals surface area contributed by atoms with Crippen molar-refractivity contribution < 1.29 is 14.7 Å². The smallest absolute Gasteiger partial charge is 0.273 e. The van der Waals surface area contributed by atoms with E-state index in [0.29, 0.717) is 24.5 Å². The summed E-state index contributed by atoms with van der Waals surface area (Å²) in [5, 5.41) is 15.2. The molecule has 2 N–H and O–H groups in total. The van der Waals surface area contributed by atoms with Crippen LogP contribution in [-0.2, 0) is 4.79 Å². The van der Waals surface area contributed by atoms with Gasteiger partial charge < -0.3 is 20.2 Å². The van der Waals surface area contributed by atoms with Crippen LogP contribution in [0.4, 0.5) is 0 Å². The second-order valence-electron chi connectivity index (χ2n) is 8.53. The number of hydrogen-bond acceptors (Lipinski definition) is 6. The van der Waals surface area contributed by atoms with E-state index in [2.05, 4.69) is 36.1 Å². The summed E-state index contributed by atoms with van der Waals surface area (Å²) in [6.45, 7) is 7.58. The van der Waals surface area contributed by atoms with Gasteiger partial charge in [0.15, 0.2) is 0 Å². The summed E-state index contributed by atoms with van der Waals surface area (Å²) in [5.74, 6) is 0.241. The van der Waals surface area contributed by atoms with E-state index < -0.39 is 0 Å². The number of aliphatic hydroxyl groups is 1. The molecule has 1 saturated heterocycles. The van der Waals surface area contributed by atoms with E-state index in [4.69, 9.17) is 0 Å². The summed E-state index contributed by atoms with van der Waals surface area (Å²) in [6, 6.07) is -0.188. The van der Waals surface area contributed by atoms with Crippen LogP contribution in [0.2, 0.25) is 0 Å². The van der Waals surface area contributed by atoms with Gasteiger partial charge in [-0.1, -0.05) is 13.8 Å². The molecule has 28 heavy (non-hydrogen) atoms. The lowest BCUT2D eigenvalue weighted by atomic mass is 9.81. The Morgan fingerprint density at radius 1 is 1.29 bits per heavy atom. The van der Waals surface area contributed by atoms with Gasteiger partial charge in [-0.3, -0.25) is 9.59 Å². The summed E-state index contributed by atoms with van der Waals surface area (Å²) < 4.78 is 0. The molecule has 1 saturated carbocycles. The molecule has 1 aromatic rings. The lowest BCUT2D eigenvalue weighted by Gasteiger charge is -2.31. The normalized spacial score (nSPS) is 24.5. The molecule has 0 spiro atoms. The van der Waals surface area contributed by atoms with Gasteiger partial charge >= 0.3 is 0 Å². The van der Waals surface area contributed by atoms with Gasteiger partial charge in [-0.25, -0.2) is 4.98 Å². The molecule has 0 radical (unpaired) electrons. The van der Waals surface area contributed by atoms with E-state index in [1.54, 1.807) is 0 Å². The monoisotopic (exact) mass is 408 g/mol. The number of nitrogens with one attached hydrogen (secondary N) is 1. The number of hydrogen-bond donors (Lipinski definition) is 2. The lowest BCUT2D eigenvalue weighted by molar-refractivity contribution is -0.132. The quantitative estimate of drug-likeness (QED) is 0.751. The average Bonchev–Trinajstić information content (AvgIpc) is 3.00. The Labute approximate surface area is 171 Å². The van der Waals surface area contributed by atoms with Gasteiger partial charge in [0.25, 0.3) is 5.91 Å². The SMILES string of the molecule is CC(C)C[C@@H](NC(=O)C1CC(O)C1)c1nc(C(=O)N2CCCN(C)CC2)cs1. The second-order valence-corrected chi connectivity index (χ2v) is 9.42. The summed E-state index contributed by atoms with van der Waals surface area (Å²) in [4.78, 5) is 34.1. The lowest BCUT2D eigenvalue weighted by Crippen LogP contribution is -2.42. The van der Waals surface area contributed by atoms with Crippen molar-refractivity contribution in [1.29, 1.82) is 0 Å². The topological polar surface area (TPSA) is 85.8 Å². The predicted octanol–water partition coefficient (Wildman–Crippen LogP) is 1.90. The van der Waals surface area contributed by atoms with Crippen LogP contribution in [0.15, 0.2) is 5.38 Å². The van der Waals surface area contributed by atoms with Crippen molar-refractivity contribution in [1.82, 2.24) is 20.1 Å². The molecule has 2 heterocycles. The van der Waals surface area contributed by atoms with Crippen LogP contribution in [0.25, 0.3) is 0 Å². The molecule has 0 unspecified atom stereocenters. The zero-order valence-corrected chi connectivity index (χ0v) is 17.9. The van der Waals surface area contributed by atoms with Crippen molar-refractivity contribution >= 4 is 23.2 Å². The maximum Gasteiger partial charge on any atom is 0.273 e. The summed E-state index contributed by atoms with van der Waals surface area (Å²) in [6.07, 6.45) is 2.46. The third kappa shape index (κ3) is 5.30. The largest absolute Gasteiger partial charge is 0.393 e. The maximum absolute atomic E-state index is 12.9. The zero-order chi connectivity index (χ0) is 20.3. The average molecular weight is 409 g/mol. The fourth-order valence-corrected chi connectivity index (χ4v) is 4.60. The first-order valence-corrected chi connectivity index (χ1v) is 11.1. The van der Waals surface area contributed by atoms with Gasteiger partial charge in [0.1, 0.15) is 10.7 Å². The minimum atomic E-state index is -0.351. The van der Waals surface area contributed by atoms with E-state index in [9.17, 15) is 14.7 Å². The molecule has 1 aliphatic heterocycles. The Kier molecular flexibility index (Phi) is 7.06. The van der Waals surface area contributed by atoms with Gasteiger partial charge in [-0.15, -0.1) is 11.3 Å². The summed E-state index contributed by atoms with van der Waals surface area (Å²) in [7, 11) is 2.08. The minimum absolute atomic E-state index is 0.0189. The van der Waals surface area contributed by atoms with Crippen LogP contribution in [-0.4, -0.2) is 71.0 Å². The van der Waals surface area contributed by atoms with E-state index in [1.807, 2.05) is 10.3 Å². The number of carbonyl (C=O) groups excluding carboxylic acids is 2. The Bertz CT molecular complexity index is 687. The maximum atomic E-state index is 12.9. The molecule has 1 aliphatic carbocycles. The Hall–Kier alpha value is -1.51. The predicted molar refractivity (Wildman–Crippen MR) is 109 cm³/mol. The highest BCUT2D eigenvalue weighted by atomic mass is 32.1. The van der Waals surface area contributed by atoms with Crippen molar-refractivity contribution in [3.05, 3.63) is 16.1 Å². The number of amides is 2. The number of carbonyl (C=O) groups is 2. The zero-order valence-electron chi connectivity index (χ0n) is 17.1. The van der Waals surface area contributed by atoms with Gasteiger partial charge in [0.05, 0.1) is 12.1 Å². The fraction of sp³-hybridized carbons (Fsp3) is 0.750. The van der Waals surface area contributed by atoms with E-state index >= 15 is 0 Å². The third-order valence-electron chi connectivity index (χ3n) is 5.55. The van der Waals surface area contributed by atoms with Gasteiger partial charge in [-0.05, 0) is 45.2 Å². The summed E-state index contributed by atoms with van der Waals surface area (Å²) >= 11 is 1.44. The van der Waals surface area contributed by atoms with Crippen LogP contribution >= 0.6 is 11.3 Å². The van der Waals surface area contributed by atoms with Gasteiger partial charge in [-0.2, -0.15) is 0 Å². The first-order valence-electron chi connectivity index (χ1n) is 10.2. The van der Waals surface area contributed by atoms with Crippen LogP contribution in [0.3, 0.4) is 0 Å². The van der Waals surface area contributed by atoms with Crippen LogP contribution in [0.1, 0.15) is 61.1 Å². The Balaban J connectivity index is 1.67. The molecular weight excluding hydrogens is 376 g/mol. The molecule has 156 valence electrons. The van der Waals surface area contributed by atoms with Crippen LogP contribution in [0, 0.1) is 11.8 Å². The molecule has 1 atom stereocenters. The van der Waals surface area contributed by atoms with Crippen molar-refractivity contribution in [2.45, 2.75) is 51.7 Å². The number of aromatic nitrogens is 1. The number of rotatable bonds is 6. The van der Waals surface area contributed by atoms with Crippen LogP contribution in [0.5, 0.6) is 0 Å². The number of aliphatic hydroxyl groups excluding tert-OH is 1. The van der Waals surface area contributed by atoms with E-state index in [-0.39, 0.29) is 29.9 Å². The summed E-state index contributed by atoms with van der Waals surface area (Å²) in [5.41, 5.74) is 0.478. The highest BCUT2D eigenvalue weighted by Gasteiger charge is 2.34. The van der Waals surface area contributed by atoms with E-state index in [0.717, 1.165) is 44.0 Å².